The van der Waals surface area contributed by atoms with Gasteiger partial charge in [0.15, 0.2) is 5.54 Å². The number of aromatic nitrogens is 2. The molecule has 0 bridgehead atoms. The molecule has 128 valence electrons. The molecule has 0 radical (unpaired) electrons. The van der Waals surface area contributed by atoms with Crippen LogP contribution in [-0.2, 0) is 15.1 Å². The highest BCUT2D eigenvalue weighted by molar-refractivity contribution is 7.99. The van der Waals surface area contributed by atoms with E-state index in [2.05, 4.69) is 10.4 Å². The van der Waals surface area contributed by atoms with Crippen molar-refractivity contribution in [2.75, 3.05) is 11.1 Å². The van der Waals surface area contributed by atoms with Gasteiger partial charge in [-0.2, -0.15) is 5.10 Å². The van der Waals surface area contributed by atoms with E-state index in [0.717, 1.165) is 4.90 Å². The van der Waals surface area contributed by atoms with Crippen LogP contribution in [0, 0.1) is 5.82 Å². The largest absolute Gasteiger partial charge is 0.479 e. The van der Waals surface area contributed by atoms with Gasteiger partial charge < -0.3 is 10.4 Å². The minimum atomic E-state index is -1.19. The van der Waals surface area contributed by atoms with Crippen molar-refractivity contribution in [2.45, 2.75) is 30.7 Å². The molecular weight excluding hydrogens is 333 g/mol. The first-order valence-corrected chi connectivity index (χ1v) is 8.24. The van der Waals surface area contributed by atoms with Crippen LogP contribution >= 0.6 is 11.8 Å². The summed E-state index contributed by atoms with van der Waals surface area (Å²) in [5.41, 5.74) is -0.748. The summed E-state index contributed by atoms with van der Waals surface area (Å²) in [5, 5.41) is 15.8. The van der Waals surface area contributed by atoms with Gasteiger partial charge in [0.1, 0.15) is 5.82 Å². The number of hydrogen-bond donors (Lipinski definition) is 2. The van der Waals surface area contributed by atoms with Crippen LogP contribution in [0.1, 0.15) is 20.3 Å². The Balaban J connectivity index is 1.83. The molecule has 2 aromatic rings. The molecule has 0 unspecified atom stereocenters. The molecule has 0 atom stereocenters. The Morgan fingerprint density at radius 1 is 1.33 bits per heavy atom. The first kappa shape index (κ1) is 18.0. The molecule has 0 fully saturated rings. The van der Waals surface area contributed by atoms with E-state index in [1.807, 2.05) is 0 Å². The minimum absolute atomic E-state index is 0.197. The number of anilines is 1. The van der Waals surface area contributed by atoms with Gasteiger partial charge in [-0.05, 0) is 38.1 Å². The summed E-state index contributed by atoms with van der Waals surface area (Å²) in [4.78, 5) is 24.0. The summed E-state index contributed by atoms with van der Waals surface area (Å²) in [7, 11) is 0. The number of aliphatic carboxylic acids is 1. The zero-order chi connectivity index (χ0) is 17.7. The third-order valence-electron chi connectivity index (χ3n) is 3.37. The number of nitrogens with one attached hydrogen (secondary N) is 1. The van der Waals surface area contributed by atoms with Crippen LogP contribution < -0.4 is 5.32 Å². The number of thioether (sulfide) groups is 1. The Hall–Kier alpha value is -2.35. The number of amides is 1. The summed E-state index contributed by atoms with van der Waals surface area (Å²) in [6, 6.07) is 6.08. The number of carboxylic acids is 1. The zero-order valence-electron chi connectivity index (χ0n) is 13.3. The number of benzene rings is 1. The van der Waals surface area contributed by atoms with E-state index in [1.54, 1.807) is 12.1 Å². The van der Waals surface area contributed by atoms with Gasteiger partial charge in [0, 0.05) is 23.3 Å². The lowest BCUT2D eigenvalue weighted by Crippen LogP contribution is -2.35. The number of halogens is 1. The Morgan fingerprint density at radius 2 is 2.00 bits per heavy atom. The molecular formula is C16H18FN3O3S. The van der Waals surface area contributed by atoms with E-state index < -0.39 is 11.5 Å². The Bertz CT molecular complexity index is 728. The molecule has 0 spiro atoms. The summed E-state index contributed by atoms with van der Waals surface area (Å²) < 4.78 is 14.1. The molecule has 0 aliphatic carbocycles. The van der Waals surface area contributed by atoms with Crippen LogP contribution in [-0.4, -0.2) is 32.5 Å². The second kappa shape index (κ2) is 7.48. The molecule has 2 N–H and O–H groups in total. The predicted molar refractivity (Wildman–Crippen MR) is 89.6 cm³/mol. The van der Waals surface area contributed by atoms with E-state index in [-0.39, 0.29) is 18.1 Å². The highest BCUT2D eigenvalue weighted by Crippen LogP contribution is 2.20. The number of rotatable bonds is 7. The lowest BCUT2D eigenvalue weighted by Gasteiger charge is -2.19. The predicted octanol–water partition coefficient (Wildman–Crippen LogP) is 2.96. The first-order chi connectivity index (χ1) is 11.3. The lowest BCUT2D eigenvalue weighted by atomic mass is 10.1. The van der Waals surface area contributed by atoms with Crippen molar-refractivity contribution in [1.82, 2.24) is 9.78 Å². The van der Waals surface area contributed by atoms with Gasteiger partial charge in [-0.15, -0.1) is 11.8 Å². The van der Waals surface area contributed by atoms with Gasteiger partial charge in [-0.25, -0.2) is 9.18 Å². The molecule has 0 aliphatic rings. The molecule has 2 rings (SSSR count). The first-order valence-electron chi connectivity index (χ1n) is 7.26. The molecule has 8 heteroatoms. The van der Waals surface area contributed by atoms with Crippen LogP contribution in [0.4, 0.5) is 10.1 Å². The van der Waals surface area contributed by atoms with E-state index in [9.17, 15) is 14.0 Å². The van der Waals surface area contributed by atoms with Crippen molar-refractivity contribution >= 4 is 29.3 Å². The minimum Gasteiger partial charge on any atom is -0.479 e. The van der Waals surface area contributed by atoms with E-state index in [1.165, 1.54) is 54.8 Å². The fraction of sp³-hybridized carbons (Fsp3) is 0.312. The average molecular weight is 351 g/mol. The molecule has 1 amide bonds. The van der Waals surface area contributed by atoms with Crippen LogP contribution in [0.3, 0.4) is 0 Å². The molecule has 24 heavy (non-hydrogen) atoms. The lowest BCUT2D eigenvalue weighted by molar-refractivity contribution is -0.146. The quantitative estimate of drug-likeness (QED) is 0.749. The van der Waals surface area contributed by atoms with Gasteiger partial charge in [0.05, 0.1) is 11.9 Å². The van der Waals surface area contributed by atoms with E-state index in [4.69, 9.17) is 5.11 Å². The summed E-state index contributed by atoms with van der Waals surface area (Å²) in [5.74, 6) is -0.957. The van der Waals surface area contributed by atoms with Crippen molar-refractivity contribution in [2.24, 2.45) is 0 Å². The zero-order valence-corrected chi connectivity index (χ0v) is 14.1. The Kier molecular flexibility index (Phi) is 5.61. The summed E-state index contributed by atoms with van der Waals surface area (Å²) >= 11 is 1.46. The Labute approximate surface area is 143 Å². The third-order valence-corrected chi connectivity index (χ3v) is 4.39. The van der Waals surface area contributed by atoms with Crippen LogP contribution in [0.25, 0.3) is 0 Å². The normalized spacial score (nSPS) is 11.3. The fourth-order valence-electron chi connectivity index (χ4n) is 1.81. The maximum absolute atomic E-state index is 12.8. The number of hydrogen-bond acceptors (Lipinski definition) is 4. The third kappa shape index (κ3) is 4.58. The Morgan fingerprint density at radius 3 is 2.62 bits per heavy atom. The second-order valence-electron chi connectivity index (χ2n) is 5.64. The highest BCUT2D eigenvalue weighted by Gasteiger charge is 2.30. The number of carbonyl (C=O) groups is 2. The maximum Gasteiger partial charge on any atom is 0.331 e. The van der Waals surface area contributed by atoms with Crippen molar-refractivity contribution in [3.8, 4) is 0 Å². The number of nitrogens with zero attached hydrogens (tertiary/aromatic N) is 2. The molecule has 0 saturated heterocycles. The highest BCUT2D eigenvalue weighted by atomic mass is 32.2. The van der Waals surface area contributed by atoms with Gasteiger partial charge >= 0.3 is 5.97 Å². The monoisotopic (exact) mass is 351 g/mol. The smallest absolute Gasteiger partial charge is 0.331 e. The summed E-state index contributed by atoms with van der Waals surface area (Å²) in [6.45, 7) is 3.04. The van der Waals surface area contributed by atoms with Gasteiger partial charge in [-0.1, -0.05) is 0 Å². The number of carboxylic acid groups (broad SMARTS) is 1. The molecule has 6 nitrogen and oxygen atoms in total. The van der Waals surface area contributed by atoms with Crippen molar-refractivity contribution < 1.29 is 19.1 Å². The molecule has 0 aliphatic heterocycles. The molecule has 1 aromatic carbocycles. The second-order valence-corrected chi connectivity index (χ2v) is 6.81. The van der Waals surface area contributed by atoms with Crippen molar-refractivity contribution in [3.63, 3.8) is 0 Å². The molecule has 0 saturated carbocycles. The molecule has 1 aromatic heterocycles. The van der Waals surface area contributed by atoms with Crippen LogP contribution in [0.5, 0.6) is 0 Å². The molecule has 1 heterocycles. The maximum atomic E-state index is 12.8. The number of carbonyl (C=O) groups excluding carboxylic acids is 1. The van der Waals surface area contributed by atoms with E-state index in [0.29, 0.717) is 11.4 Å². The van der Waals surface area contributed by atoms with Gasteiger partial charge in [-0.3, -0.25) is 9.48 Å². The van der Waals surface area contributed by atoms with Gasteiger partial charge in [0.25, 0.3) is 0 Å². The van der Waals surface area contributed by atoms with Crippen LogP contribution in [0.15, 0.2) is 41.6 Å². The van der Waals surface area contributed by atoms with E-state index >= 15 is 0 Å². The standard InChI is InChI=1S/C16H18FN3O3S/c1-16(2,15(22)23)20-10-12(9-18-20)19-14(21)7-8-24-13-5-3-11(17)4-6-13/h3-6,9-10H,7-8H2,1-2H3,(H,19,21)(H,22,23). The van der Waals surface area contributed by atoms with Gasteiger partial charge in [0.2, 0.25) is 5.91 Å². The fourth-order valence-corrected chi connectivity index (χ4v) is 2.66. The summed E-state index contributed by atoms with van der Waals surface area (Å²) in [6.07, 6.45) is 3.17. The van der Waals surface area contributed by atoms with Crippen molar-refractivity contribution in [1.29, 1.82) is 0 Å². The average Bonchev–Trinajstić information content (AvgIpc) is 2.98. The SMILES string of the molecule is CC(C)(C(=O)O)n1cc(NC(=O)CCSc2ccc(F)cc2)cn1. The van der Waals surface area contributed by atoms with Crippen molar-refractivity contribution in [3.05, 3.63) is 42.5 Å². The topological polar surface area (TPSA) is 84.2 Å². The van der Waals surface area contributed by atoms with Crippen LogP contribution in [0.2, 0.25) is 0 Å².